The Labute approximate surface area is 148 Å². The van der Waals surface area contributed by atoms with E-state index < -0.39 is 0 Å². The van der Waals surface area contributed by atoms with Crippen LogP contribution in [0.2, 0.25) is 0 Å². The molecular formula is C19H27N3O3. The van der Waals surface area contributed by atoms with Crippen molar-refractivity contribution in [2.75, 3.05) is 39.8 Å². The van der Waals surface area contributed by atoms with Crippen molar-refractivity contribution >= 4 is 11.8 Å². The number of amides is 2. The lowest BCUT2D eigenvalue weighted by molar-refractivity contribution is -0.138. The molecule has 0 bridgehead atoms. The quantitative estimate of drug-likeness (QED) is 0.843. The first kappa shape index (κ1) is 17.9. The zero-order chi connectivity index (χ0) is 17.9. The van der Waals surface area contributed by atoms with Gasteiger partial charge < -0.3 is 20.2 Å². The number of piperidine rings is 2. The number of nitrogens with zero attached hydrogens (tertiary/aromatic N) is 2. The number of carbonyl (C=O) groups is 2. The van der Waals surface area contributed by atoms with Crippen LogP contribution in [0.1, 0.15) is 29.6 Å². The van der Waals surface area contributed by atoms with E-state index in [2.05, 4.69) is 17.3 Å². The van der Waals surface area contributed by atoms with E-state index in [9.17, 15) is 14.7 Å². The molecule has 0 radical (unpaired) electrons. The number of benzene rings is 1. The standard InChI is InChI=1S/C19H27N3O3/c1-21-10-5-8-19(14-23)9-11-22(13-16(19)21)17(24)12-20-18(25)15-6-3-2-4-7-15/h2-4,6-7,16,23H,5,8-14H2,1H3,(H,20,25)/t16-,19-/m1/s1. The molecule has 1 aromatic rings. The minimum atomic E-state index is -0.231. The summed E-state index contributed by atoms with van der Waals surface area (Å²) in [6.45, 7) is 2.45. The molecule has 2 amide bonds. The van der Waals surface area contributed by atoms with Gasteiger partial charge >= 0.3 is 0 Å². The number of hydrogen-bond acceptors (Lipinski definition) is 4. The molecule has 0 saturated carbocycles. The third-order valence-electron chi connectivity index (χ3n) is 5.80. The average Bonchev–Trinajstić information content (AvgIpc) is 2.66. The Bertz CT molecular complexity index is 622. The molecule has 25 heavy (non-hydrogen) atoms. The van der Waals surface area contributed by atoms with Crippen LogP contribution in [0.4, 0.5) is 0 Å². The van der Waals surface area contributed by atoms with Crippen LogP contribution in [-0.2, 0) is 4.79 Å². The highest BCUT2D eigenvalue weighted by Gasteiger charge is 2.47. The summed E-state index contributed by atoms with van der Waals surface area (Å²) < 4.78 is 0. The van der Waals surface area contributed by atoms with Gasteiger partial charge in [-0.25, -0.2) is 0 Å². The maximum absolute atomic E-state index is 12.5. The molecule has 2 atom stereocenters. The number of likely N-dealkylation sites (tertiary alicyclic amines) is 2. The average molecular weight is 345 g/mol. The Morgan fingerprint density at radius 3 is 2.72 bits per heavy atom. The van der Waals surface area contributed by atoms with E-state index in [1.54, 1.807) is 24.3 Å². The molecule has 1 aromatic carbocycles. The van der Waals surface area contributed by atoms with Gasteiger partial charge in [-0.2, -0.15) is 0 Å². The normalized spacial score (nSPS) is 26.8. The maximum Gasteiger partial charge on any atom is 0.251 e. The third kappa shape index (κ3) is 3.70. The third-order valence-corrected chi connectivity index (χ3v) is 5.80. The molecule has 0 unspecified atom stereocenters. The summed E-state index contributed by atoms with van der Waals surface area (Å²) in [5.41, 5.74) is 0.470. The van der Waals surface area contributed by atoms with Crippen LogP contribution in [0.3, 0.4) is 0 Å². The Morgan fingerprint density at radius 1 is 1.24 bits per heavy atom. The minimum absolute atomic E-state index is 0.0102. The van der Waals surface area contributed by atoms with E-state index in [1.807, 2.05) is 11.0 Å². The zero-order valence-corrected chi connectivity index (χ0v) is 14.8. The second-order valence-corrected chi connectivity index (χ2v) is 7.26. The van der Waals surface area contributed by atoms with Crippen LogP contribution in [0.5, 0.6) is 0 Å². The van der Waals surface area contributed by atoms with Gasteiger partial charge in [0, 0.05) is 30.1 Å². The molecule has 0 aliphatic carbocycles. The lowest BCUT2D eigenvalue weighted by Gasteiger charge is -2.53. The highest BCUT2D eigenvalue weighted by molar-refractivity contribution is 5.96. The predicted octanol–water partition coefficient (Wildman–Crippen LogP) is 0.722. The number of hydrogen-bond donors (Lipinski definition) is 2. The lowest BCUT2D eigenvalue weighted by atomic mass is 9.69. The maximum atomic E-state index is 12.5. The SMILES string of the molecule is CN1CCC[C@]2(CO)CCN(C(=O)CNC(=O)c3ccccc3)C[C@@H]12. The van der Waals surface area contributed by atoms with E-state index in [4.69, 9.17) is 0 Å². The first-order chi connectivity index (χ1) is 12.1. The second-order valence-electron chi connectivity index (χ2n) is 7.26. The summed E-state index contributed by atoms with van der Waals surface area (Å²) in [6, 6.07) is 9.10. The van der Waals surface area contributed by atoms with E-state index in [0.717, 1.165) is 25.8 Å². The molecule has 0 spiro atoms. The first-order valence-corrected chi connectivity index (χ1v) is 8.98. The molecule has 136 valence electrons. The molecule has 6 heteroatoms. The van der Waals surface area contributed by atoms with Gasteiger partial charge in [-0.15, -0.1) is 0 Å². The monoisotopic (exact) mass is 345 g/mol. The van der Waals surface area contributed by atoms with Gasteiger partial charge in [0.05, 0.1) is 13.2 Å². The number of fused-ring (bicyclic) bond motifs is 1. The molecule has 2 heterocycles. The Hall–Kier alpha value is -1.92. The fraction of sp³-hybridized carbons (Fsp3) is 0.579. The summed E-state index contributed by atoms with van der Waals surface area (Å²) in [7, 11) is 2.07. The molecule has 2 aliphatic heterocycles. The molecule has 2 saturated heterocycles. The van der Waals surface area contributed by atoms with Crippen LogP contribution >= 0.6 is 0 Å². The second kappa shape index (κ2) is 7.54. The van der Waals surface area contributed by atoms with Gasteiger partial charge in [-0.1, -0.05) is 18.2 Å². The fourth-order valence-corrected chi connectivity index (χ4v) is 4.20. The Balaban J connectivity index is 1.57. The molecule has 0 aromatic heterocycles. The molecule has 2 N–H and O–H groups in total. The Morgan fingerprint density at radius 2 is 2.00 bits per heavy atom. The molecule has 2 fully saturated rings. The number of aliphatic hydroxyl groups is 1. The first-order valence-electron chi connectivity index (χ1n) is 8.98. The number of nitrogens with one attached hydrogen (secondary N) is 1. The van der Waals surface area contributed by atoms with Gasteiger partial charge in [-0.3, -0.25) is 9.59 Å². The smallest absolute Gasteiger partial charge is 0.251 e. The zero-order valence-electron chi connectivity index (χ0n) is 14.8. The van der Waals surface area contributed by atoms with Crippen LogP contribution in [0.25, 0.3) is 0 Å². The molecule has 2 aliphatic rings. The van der Waals surface area contributed by atoms with Crippen LogP contribution in [0, 0.1) is 5.41 Å². The van der Waals surface area contributed by atoms with Gasteiger partial charge in [0.2, 0.25) is 5.91 Å². The summed E-state index contributed by atoms with van der Waals surface area (Å²) in [4.78, 5) is 28.7. The van der Waals surface area contributed by atoms with Crippen LogP contribution in [0.15, 0.2) is 30.3 Å². The van der Waals surface area contributed by atoms with Gasteiger partial charge in [0.15, 0.2) is 0 Å². The van der Waals surface area contributed by atoms with E-state index in [1.165, 1.54) is 0 Å². The van der Waals surface area contributed by atoms with Crippen molar-refractivity contribution in [3.63, 3.8) is 0 Å². The van der Waals surface area contributed by atoms with Crippen LogP contribution in [-0.4, -0.2) is 72.6 Å². The van der Waals surface area contributed by atoms with E-state index in [0.29, 0.717) is 18.7 Å². The summed E-state index contributed by atoms with van der Waals surface area (Å²) >= 11 is 0. The van der Waals surface area contributed by atoms with Gasteiger partial charge in [0.25, 0.3) is 5.91 Å². The van der Waals surface area contributed by atoms with Crippen molar-refractivity contribution in [3.05, 3.63) is 35.9 Å². The summed E-state index contributed by atoms with van der Waals surface area (Å²) in [6.07, 6.45) is 2.93. The topological polar surface area (TPSA) is 72.9 Å². The van der Waals surface area contributed by atoms with Crippen molar-refractivity contribution in [3.8, 4) is 0 Å². The van der Waals surface area contributed by atoms with Crippen molar-refractivity contribution in [2.45, 2.75) is 25.3 Å². The highest BCUT2D eigenvalue weighted by Crippen LogP contribution is 2.41. The number of carbonyl (C=O) groups excluding carboxylic acids is 2. The molecular weight excluding hydrogens is 318 g/mol. The van der Waals surface area contributed by atoms with Crippen molar-refractivity contribution in [1.29, 1.82) is 0 Å². The Kier molecular flexibility index (Phi) is 5.39. The predicted molar refractivity (Wildman–Crippen MR) is 95.1 cm³/mol. The minimum Gasteiger partial charge on any atom is -0.396 e. The molecule has 3 rings (SSSR count). The summed E-state index contributed by atoms with van der Waals surface area (Å²) in [5, 5.41) is 12.6. The van der Waals surface area contributed by atoms with Gasteiger partial charge in [0.1, 0.15) is 0 Å². The number of rotatable bonds is 4. The van der Waals surface area contributed by atoms with Crippen molar-refractivity contribution < 1.29 is 14.7 Å². The van der Waals surface area contributed by atoms with E-state index in [-0.39, 0.29) is 36.4 Å². The van der Waals surface area contributed by atoms with Crippen molar-refractivity contribution in [1.82, 2.24) is 15.1 Å². The molecule has 6 nitrogen and oxygen atoms in total. The summed E-state index contributed by atoms with van der Waals surface area (Å²) in [5.74, 6) is -0.291. The van der Waals surface area contributed by atoms with E-state index >= 15 is 0 Å². The lowest BCUT2D eigenvalue weighted by Crippen LogP contribution is -2.63. The largest absolute Gasteiger partial charge is 0.396 e. The highest BCUT2D eigenvalue weighted by atomic mass is 16.3. The number of aliphatic hydroxyl groups excluding tert-OH is 1. The number of likely N-dealkylation sites (N-methyl/N-ethyl adjacent to an activating group) is 1. The van der Waals surface area contributed by atoms with Crippen LogP contribution < -0.4 is 5.32 Å². The van der Waals surface area contributed by atoms with Gasteiger partial charge in [-0.05, 0) is 45.0 Å². The van der Waals surface area contributed by atoms with Crippen molar-refractivity contribution in [2.24, 2.45) is 5.41 Å². The fourth-order valence-electron chi connectivity index (χ4n) is 4.20.